The Balaban J connectivity index is 2.15. The highest BCUT2D eigenvalue weighted by molar-refractivity contribution is 7.17. The summed E-state index contributed by atoms with van der Waals surface area (Å²) in [6.07, 6.45) is 0.764. The van der Waals surface area contributed by atoms with E-state index >= 15 is 0 Å². The molecule has 0 bridgehead atoms. The summed E-state index contributed by atoms with van der Waals surface area (Å²) in [6, 6.07) is 8.87. The Hall–Kier alpha value is -2.47. The highest BCUT2D eigenvalue weighted by atomic mass is 32.1. The summed E-state index contributed by atoms with van der Waals surface area (Å²) < 4.78 is 2.51. The number of rotatable bonds is 5. The zero-order valence-electron chi connectivity index (χ0n) is 14.5. The molecular formula is C19H20N2O3S. The third-order valence-corrected chi connectivity index (χ3v) is 5.21. The van der Waals surface area contributed by atoms with Crippen LogP contribution in [0.4, 0.5) is 0 Å². The third kappa shape index (κ3) is 3.22. The molecule has 130 valence electrons. The van der Waals surface area contributed by atoms with Gasteiger partial charge in [-0.1, -0.05) is 44.2 Å². The molecule has 0 amide bonds. The summed E-state index contributed by atoms with van der Waals surface area (Å²) in [6.45, 7) is 4.10. The van der Waals surface area contributed by atoms with Gasteiger partial charge in [-0.15, -0.1) is 11.3 Å². The minimum Gasteiger partial charge on any atom is -0.292 e. The van der Waals surface area contributed by atoms with Gasteiger partial charge in [0.2, 0.25) is 0 Å². The first-order chi connectivity index (χ1) is 11.9. The Kier molecular flexibility index (Phi) is 4.72. The average molecular weight is 356 g/mol. The van der Waals surface area contributed by atoms with Gasteiger partial charge in [-0.2, -0.15) is 0 Å². The molecule has 2 aromatic heterocycles. The number of thiophene rings is 1. The van der Waals surface area contributed by atoms with Gasteiger partial charge in [-0.25, -0.2) is 4.79 Å². The first kappa shape index (κ1) is 17.4. The maximum atomic E-state index is 12.6. The van der Waals surface area contributed by atoms with E-state index in [1.807, 2.05) is 11.4 Å². The Morgan fingerprint density at radius 2 is 1.84 bits per heavy atom. The Bertz CT molecular complexity index is 1040. The van der Waals surface area contributed by atoms with E-state index in [1.54, 1.807) is 24.3 Å². The molecule has 0 aliphatic rings. The molecule has 6 heteroatoms. The fourth-order valence-electron chi connectivity index (χ4n) is 2.92. The van der Waals surface area contributed by atoms with Crippen LogP contribution in [0.15, 0.2) is 45.3 Å². The molecule has 1 aromatic carbocycles. The molecule has 3 rings (SSSR count). The first-order valence-electron chi connectivity index (χ1n) is 8.18. The molecular weight excluding hydrogens is 336 g/mol. The largest absolute Gasteiger partial charge is 0.332 e. The Morgan fingerprint density at radius 3 is 2.48 bits per heavy atom. The van der Waals surface area contributed by atoms with Crippen molar-refractivity contribution in [3.05, 3.63) is 67.7 Å². The molecule has 0 radical (unpaired) electrons. The van der Waals surface area contributed by atoms with Gasteiger partial charge in [0.15, 0.2) is 5.78 Å². The van der Waals surface area contributed by atoms with E-state index in [9.17, 15) is 14.4 Å². The number of carbonyl (C=O) groups excluding carboxylic acids is 1. The van der Waals surface area contributed by atoms with Crippen molar-refractivity contribution in [1.82, 2.24) is 9.13 Å². The zero-order valence-corrected chi connectivity index (χ0v) is 15.3. The van der Waals surface area contributed by atoms with Gasteiger partial charge in [0.25, 0.3) is 5.56 Å². The zero-order chi connectivity index (χ0) is 18.1. The monoisotopic (exact) mass is 356 g/mol. The molecule has 25 heavy (non-hydrogen) atoms. The number of hydrogen-bond donors (Lipinski definition) is 0. The SMILES string of the molecule is CC(C)Cc1csc2c1c(=O)n(C)c(=O)n2CC(=O)c1ccccc1. The van der Waals surface area contributed by atoms with Gasteiger partial charge in [-0.05, 0) is 23.3 Å². The first-order valence-corrected chi connectivity index (χ1v) is 9.06. The standard InChI is InChI=1S/C19H20N2O3S/c1-12(2)9-14-11-25-18-16(14)17(23)20(3)19(24)21(18)10-15(22)13-7-5-4-6-8-13/h4-8,11-12H,9-10H2,1-3H3. The second kappa shape index (κ2) is 6.80. The number of carbonyl (C=O) groups is 1. The molecule has 2 heterocycles. The lowest BCUT2D eigenvalue weighted by Crippen LogP contribution is -2.39. The molecule has 0 saturated carbocycles. The molecule has 0 aliphatic carbocycles. The van der Waals surface area contributed by atoms with E-state index in [2.05, 4.69) is 13.8 Å². The van der Waals surface area contributed by atoms with Crippen LogP contribution in [0.5, 0.6) is 0 Å². The van der Waals surface area contributed by atoms with Crippen LogP contribution in [-0.4, -0.2) is 14.9 Å². The fraction of sp³-hybridized carbons (Fsp3) is 0.316. The quantitative estimate of drug-likeness (QED) is 0.661. The highest BCUT2D eigenvalue weighted by Gasteiger charge is 2.19. The van der Waals surface area contributed by atoms with Crippen molar-refractivity contribution in [3.63, 3.8) is 0 Å². The van der Waals surface area contributed by atoms with E-state index in [4.69, 9.17) is 0 Å². The van der Waals surface area contributed by atoms with Gasteiger partial charge < -0.3 is 0 Å². The fourth-order valence-corrected chi connectivity index (χ4v) is 3.99. The van der Waals surface area contributed by atoms with E-state index in [0.29, 0.717) is 21.7 Å². The molecule has 0 fully saturated rings. The van der Waals surface area contributed by atoms with Crippen LogP contribution in [0.25, 0.3) is 10.2 Å². The normalized spacial score (nSPS) is 11.4. The molecule has 0 saturated heterocycles. The van der Waals surface area contributed by atoms with Crippen molar-refractivity contribution in [2.45, 2.75) is 26.8 Å². The molecule has 0 N–H and O–H groups in total. The number of aromatic nitrogens is 2. The minimum atomic E-state index is -0.459. The molecule has 3 aromatic rings. The summed E-state index contributed by atoms with van der Waals surface area (Å²) in [5.41, 5.74) is 0.743. The van der Waals surface area contributed by atoms with Gasteiger partial charge in [0, 0.05) is 12.6 Å². The van der Waals surface area contributed by atoms with Gasteiger partial charge in [0.05, 0.1) is 11.9 Å². The van der Waals surface area contributed by atoms with Crippen LogP contribution in [0, 0.1) is 5.92 Å². The smallest absolute Gasteiger partial charge is 0.292 e. The minimum absolute atomic E-state index is 0.0743. The summed E-state index contributed by atoms with van der Waals surface area (Å²) >= 11 is 1.35. The van der Waals surface area contributed by atoms with Crippen LogP contribution >= 0.6 is 11.3 Å². The second-order valence-electron chi connectivity index (χ2n) is 6.56. The number of Topliss-reactive ketones (excluding diaryl/α,β-unsaturated/α-hetero) is 1. The number of nitrogens with zero attached hydrogens (tertiary/aromatic N) is 2. The summed E-state index contributed by atoms with van der Waals surface area (Å²) in [4.78, 5) is 38.3. The second-order valence-corrected chi connectivity index (χ2v) is 7.42. The van der Waals surface area contributed by atoms with Gasteiger partial charge in [0.1, 0.15) is 4.83 Å². The molecule has 0 spiro atoms. The molecule has 0 unspecified atom stereocenters. The van der Waals surface area contributed by atoms with Gasteiger partial charge >= 0.3 is 5.69 Å². The maximum absolute atomic E-state index is 12.6. The van der Waals surface area contributed by atoms with Crippen molar-refractivity contribution in [1.29, 1.82) is 0 Å². The Morgan fingerprint density at radius 1 is 1.16 bits per heavy atom. The summed E-state index contributed by atoms with van der Waals surface area (Å²) in [5, 5.41) is 2.48. The number of benzene rings is 1. The number of ketones is 1. The van der Waals surface area contributed by atoms with E-state index in [1.165, 1.54) is 23.0 Å². The van der Waals surface area contributed by atoms with Crippen LogP contribution < -0.4 is 11.2 Å². The molecule has 0 aliphatic heterocycles. The average Bonchev–Trinajstić information content (AvgIpc) is 3.00. The van der Waals surface area contributed by atoms with Crippen molar-refractivity contribution < 1.29 is 4.79 Å². The Labute approximate surface area is 149 Å². The molecule has 0 atom stereocenters. The number of hydrogen-bond acceptors (Lipinski definition) is 4. The van der Waals surface area contributed by atoms with Crippen molar-refractivity contribution >= 4 is 27.3 Å². The van der Waals surface area contributed by atoms with Crippen molar-refractivity contribution in [2.24, 2.45) is 13.0 Å². The van der Waals surface area contributed by atoms with Crippen molar-refractivity contribution in [2.75, 3.05) is 0 Å². The summed E-state index contributed by atoms with van der Waals surface area (Å²) in [7, 11) is 1.46. The van der Waals surface area contributed by atoms with E-state index < -0.39 is 5.69 Å². The third-order valence-electron chi connectivity index (χ3n) is 4.15. The van der Waals surface area contributed by atoms with Crippen molar-refractivity contribution in [3.8, 4) is 0 Å². The van der Waals surface area contributed by atoms with E-state index in [-0.39, 0.29) is 17.9 Å². The van der Waals surface area contributed by atoms with Gasteiger partial charge in [-0.3, -0.25) is 18.7 Å². The van der Waals surface area contributed by atoms with Crippen LogP contribution in [0.3, 0.4) is 0 Å². The van der Waals surface area contributed by atoms with Crippen LogP contribution in [0.1, 0.15) is 29.8 Å². The van der Waals surface area contributed by atoms with E-state index in [0.717, 1.165) is 16.6 Å². The topological polar surface area (TPSA) is 61.1 Å². The number of fused-ring (bicyclic) bond motifs is 1. The lowest BCUT2D eigenvalue weighted by atomic mass is 10.0. The highest BCUT2D eigenvalue weighted by Crippen LogP contribution is 2.24. The summed E-state index contributed by atoms with van der Waals surface area (Å²) in [5.74, 6) is 0.246. The molecule has 5 nitrogen and oxygen atoms in total. The predicted octanol–water partition coefficient (Wildman–Crippen LogP) is 2.84. The van der Waals surface area contributed by atoms with Crippen LogP contribution in [0.2, 0.25) is 0 Å². The predicted molar refractivity (Wildman–Crippen MR) is 101 cm³/mol. The van der Waals surface area contributed by atoms with Crippen LogP contribution in [-0.2, 0) is 20.0 Å². The lowest BCUT2D eigenvalue weighted by Gasteiger charge is -2.10. The maximum Gasteiger partial charge on any atom is 0.332 e. The lowest BCUT2D eigenvalue weighted by molar-refractivity contribution is 0.0971.